The summed E-state index contributed by atoms with van der Waals surface area (Å²) in [5, 5.41) is 22.3. The highest BCUT2D eigenvalue weighted by atomic mass is 16.6. The Kier molecular flexibility index (Phi) is 4.21. The van der Waals surface area contributed by atoms with Crippen LogP contribution in [0.25, 0.3) is 0 Å². The molecule has 1 fully saturated rings. The molecule has 0 aliphatic heterocycles. The van der Waals surface area contributed by atoms with Gasteiger partial charge in [-0.2, -0.15) is 0 Å². The fourth-order valence-corrected chi connectivity index (χ4v) is 2.15. The van der Waals surface area contributed by atoms with Crippen molar-refractivity contribution in [1.82, 2.24) is 5.32 Å². The third-order valence-corrected chi connectivity index (χ3v) is 3.40. The maximum absolute atomic E-state index is 12.1. The number of nitrogens with zero attached hydrogens (tertiary/aromatic N) is 1. The van der Waals surface area contributed by atoms with Gasteiger partial charge in [0.25, 0.3) is 11.6 Å². The number of benzene rings is 1. The van der Waals surface area contributed by atoms with E-state index in [9.17, 15) is 19.7 Å². The second-order valence-electron chi connectivity index (χ2n) is 5.36. The molecular weight excluding hydrogens is 276 g/mol. The van der Waals surface area contributed by atoms with E-state index in [1.165, 1.54) is 12.1 Å². The molecule has 112 valence electrons. The molecule has 0 aromatic heterocycles. The first-order chi connectivity index (χ1) is 9.86. The third kappa shape index (κ3) is 4.01. The van der Waals surface area contributed by atoms with E-state index in [0.717, 1.165) is 18.9 Å². The van der Waals surface area contributed by atoms with Crippen LogP contribution in [0.1, 0.15) is 35.2 Å². The molecule has 1 aliphatic carbocycles. The molecule has 1 aromatic carbocycles. The average Bonchev–Trinajstić information content (AvgIpc) is 3.20. The van der Waals surface area contributed by atoms with Crippen molar-refractivity contribution >= 4 is 17.6 Å². The van der Waals surface area contributed by atoms with Crippen molar-refractivity contribution < 1.29 is 19.6 Å². The largest absolute Gasteiger partial charge is 0.480 e. The van der Waals surface area contributed by atoms with Gasteiger partial charge in [0.1, 0.15) is 6.04 Å². The van der Waals surface area contributed by atoms with Crippen LogP contribution in [0, 0.1) is 23.0 Å². The minimum atomic E-state index is -1.09. The number of carboxylic acid groups (broad SMARTS) is 1. The lowest BCUT2D eigenvalue weighted by atomic mass is 10.1. The van der Waals surface area contributed by atoms with Gasteiger partial charge in [-0.05, 0) is 30.9 Å². The second kappa shape index (κ2) is 5.90. The van der Waals surface area contributed by atoms with Gasteiger partial charge in [0.2, 0.25) is 0 Å². The van der Waals surface area contributed by atoms with Crippen LogP contribution >= 0.6 is 0 Å². The van der Waals surface area contributed by atoms with Gasteiger partial charge in [-0.15, -0.1) is 0 Å². The number of aryl methyl sites for hydroxylation is 1. The number of nitro groups is 1. The van der Waals surface area contributed by atoms with Crippen LogP contribution in [-0.4, -0.2) is 27.9 Å². The molecule has 0 radical (unpaired) electrons. The van der Waals surface area contributed by atoms with E-state index >= 15 is 0 Å². The Morgan fingerprint density at radius 1 is 1.43 bits per heavy atom. The molecule has 7 nitrogen and oxygen atoms in total. The number of carbonyl (C=O) groups is 2. The minimum absolute atomic E-state index is 0.101. The van der Waals surface area contributed by atoms with E-state index in [-0.39, 0.29) is 11.3 Å². The minimum Gasteiger partial charge on any atom is -0.480 e. The highest BCUT2D eigenvalue weighted by Crippen LogP contribution is 2.33. The van der Waals surface area contributed by atoms with Crippen molar-refractivity contribution in [2.75, 3.05) is 0 Å². The van der Waals surface area contributed by atoms with Gasteiger partial charge in [0, 0.05) is 17.7 Å². The molecule has 2 N–H and O–H groups in total. The van der Waals surface area contributed by atoms with E-state index in [0.29, 0.717) is 17.9 Å². The summed E-state index contributed by atoms with van der Waals surface area (Å²) in [4.78, 5) is 33.5. The molecule has 0 bridgehead atoms. The van der Waals surface area contributed by atoms with E-state index in [4.69, 9.17) is 5.11 Å². The summed E-state index contributed by atoms with van der Waals surface area (Å²) in [7, 11) is 0. The molecule has 0 saturated heterocycles. The number of amides is 1. The second-order valence-corrected chi connectivity index (χ2v) is 5.36. The number of rotatable bonds is 6. The molecule has 1 aromatic rings. The molecule has 2 rings (SSSR count). The van der Waals surface area contributed by atoms with Crippen LogP contribution in [0.3, 0.4) is 0 Å². The van der Waals surface area contributed by atoms with Crippen LogP contribution in [0.15, 0.2) is 18.2 Å². The Hall–Kier alpha value is -2.44. The normalized spacial score (nSPS) is 15.3. The van der Waals surface area contributed by atoms with Crippen LogP contribution in [0.2, 0.25) is 0 Å². The number of hydrogen-bond donors (Lipinski definition) is 2. The van der Waals surface area contributed by atoms with E-state index < -0.39 is 22.8 Å². The molecule has 7 heteroatoms. The first-order valence-corrected chi connectivity index (χ1v) is 6.66. The Morgan fingerprint density at radius 2 is 2.10 bits per heavy atom. The van der Waals surface area contributed by atoms with Crippen molar-refractivity contribution in [3.05, 3.63) is 39.4 Å². The maximum Gasteiger partial charge on any atom is 0.326 e. The quantitative estimate of drug-likeness (QED) is 0.614. The number of hydrogen-bond acceptors (Lipinski definition) is 4. The smallest absolute Gasteiger partial charge is 0.326 e. The van der Waals surface area contributed by atoms with E-state index in [2.05, 4.69) is 5.32 Å². The molecular formula is C14H16N2O5. The SMILES string of the molecule is Cc1cc(C(=O)NC(CC2CC2)C(=O)O)cc([N+](=O)[O-])c1. The van der Waals surface area contributed by atoms with Crippen molar-refractivity contribution in [3.8, 4) is 0 Å². The molecule has 0 heterocycles. The van der Waals surface area contributed by atoms with Gasteiger partial charge in [0.15, 0.2) is 0 Å². The molecule has 1 atom stereocenters. The van der Waals surface area contributed by atoms with Crippen molar-refractivity contribution in [2.24, 2.45) is 5.92 Å². The standard InChI is InChI=1S/C14H16N2O5/c1-8-4-10(7-11(5-8)16(20)21)13(17)15-12(14(18)19)6-9-2-3-9/h4-5,7,9,12H,2-3,6H2,1H3,(H,15,17)(H,18,19). The lowest BCUT2D eigenvalue weighted by Crippen LogP contribution is -2.41. The molecule has 1 amide bonds. The molecule has 1 aliphatic rings. The van der Waals surface area contributed by atoms with E-state index in [1.807, 2.05) is 0 Å². The first-order valence-electron chi connectivity index (χ1n) is 6.66. The zero-order valence-corrected chi connectivity index (χ0v) is 11.5. The highest BCUT2D eigenvalue weighted by molar-refractivity contribution is 5.97. The predicted octanol–water partition coefficient (Wildman–Crippen LogP) is 1.89. The number of carbonyl (C=O) groups excluding carboxylic acids is 1. The summed E-state index contributed by atoms with van der Waals surface area (Å²) in [5.74, 6) is -1.34. The summed E-state index contributed by atoms with van der Waals surface area (Å²) >= 11 is 0. The zero-order valence-electron chi connectivity index (χ0n) is 11.5. The topological polar surface area (TPSA) is 110 Å². The van der Waals surface area contributed by atoms with Crippen LogP contribution in [-0.2, 0) is 4.79 Å². The van der Waals surface area contributed by atoms with Gasteiger partial charge in [-0.3, -0.25) is 14.9 Å². The van der Waals surface area contributed by atoms with Crippen molar-refractivity contribution in [1.29, 1.82) is 0 Å². The molecule has 21 heavy (non-hydrogen) atoms. The fourth-order valence-electron chi connectivity index (χ4n) is 2.15. The van der Waals surface area contributed by atoms with Crippen LogP contribution in [0.5, 0.6) is 0 Å². The highest BCUT2D eigenvalue weighted by Gasteiger charge is 2.30. The number of aliphatic carboxylic acids is 1. The summed E-state index contributed by atoms with van der Waals surface area (Å²) in [5.41, 5.74) is 0.487. The lowest BCUT2D eigenvalue weighted by molar-refractivity contribution is -0.384. The summed E-state index contributed by atoms with van der Waals surface area (Å²) in [6.45, 7) is 1.64. The molecule has 1 saturated carbocycles. The molecule has 0 spiro atoms. The van der Waals surface area contributed by atoms with Gasteiger partial charge in [0.05, 0.1) is 4.92 Å². The summed E-state index contributed by atoms with van der Waals surface area (Å²) in [6, 6.07) is 3.05. The number of nitro benzene ring substituents is 1. The Bertz CT molecular complexity index is 595. The predicted molar refractivity (Wildman–Crippen MR) is 74.1 cm³/mol. The monoisotopic (exact) mass is 292 g/mol. The van der Waals surface area contributed by atoms with Crippen molar-refractivity contribution in [2.45, 2.75) is 32.2 Å². The average molecular weight is 292 g/mol. The third-order valence-electron chi connectivity index (χ3n) is 3.40. The Labute approximate surface area is 121 Å². The Balaban J connectivity index is 2.14. The summed E-state index contributed by atoms with van der Waals surface area (Å²) in [6.07, 6.45) is 2.36. The van der Waals surface area contributed by atoms with Gasteiger partial charge in [-0.25, -0.2) is 4.79 Å². The summed E-state index contributed by atoms with van der Waals surface area (Å²) < 4.78 is 0. The zero-order chi connectivity index (χ0) is 15.6. The van der Waals surface area contributed by atoms with Crippen LogP contribution in [0.4, 0.5) is 5.69 Å². The van der Waals surface area contributed by atoms with Crippen molar-refractivity contribution in [3.63, 3.8) is 0 Å². The van der Waals surface area contributed by atoms with Gasteiger partial charge >= 0.3 is 5.97 Å². The molecule has 1 unspecified atom stereocenters. The first kappa shape index (κ1) is 15.0. The Morgan fingerprint density at radius 3 is 2.62 bits per heavy atom. The van der Waals surface area contributed by atoms with Gasteiger partial charge in [-0.1, -0.05) is 12.8 Å². The fraction of sp³-hybridized carbons (Fsp3) is 0.429. The maximum atomic E-state index is 12.1. The number of nitrogens with one attached hydrogen (secondary N) is 1. The lowest BCUT2D eigenvalue weighted by Gasteiger charge is -2.14. The van der Waals surface area contributed by atoms with E-state index in [1.54, 1.807) is 6.92 Å². The van der Waals surface area contributed by atoms with Gasteiger partial charge < -0.3 is 10.4 Å². The number of non-ortho nitro benzene ring substituents is 1. The number of carboxylic acids is 1. The van der Waals surface area contributed by atoms with Crippen LogP contribution < -0.4 is 5.32 Å².